The Morgan fingerprint density at radius 1 is 0.350 bits per heavy atom. The first kappa shape index (κ1) is 24.8. The summed E-state index contributed by atoms with van der Waals surface area (Å²) in [4.78, 5) is 5.05. The van der Waals surface area contributed by atoms with E-state index in [1.807, 2.05) is 0 Å². The number of benzene rings is 3. The molecule has 40 heavy (non-hydrogen) atoms. The molecule has 196 valence electrons. The van der Waals surface area contributed by atoms with E-state index in [2.05, 4.69) is 167 Å². The maximum atomic E-state index is 5.05. The molecule has 0 amide bonds. The summed E-state index contributed by atoms with van der Waals surface area (Å²) in [6, 6.07) is 33.3. The molecule has 12 bridgehead atoms. The summed E-state index contributed by atoms with van der Waals surface area (Å²) in [6.45, 7) is 9.18. The number of aromatic nitrogens is 1. The molecule has 4 aromatic rings. The van der Waals surface area contributed by atoms with Crippen molar-refractivity contribution in [2.45, 2.75) is 49.4 Å². The molecule has 0 radical (unpaired) electrons. The SMILES string of the molecule is CC12C=CC(C)(C=C1)c1ccc(cc1)C1(C)C=CC(C)(C=C1)c1ccc(cc1)-c1cccc(n1)-c1ccc2cc1. The number of rotatable bonds is 0. The van der Waals surface area contributed by atoms with Gasteiger partial charge in [0, 0.05) is 32.8 Å². The summed E-state index contributed by atoms with van der Waals surface area (Å²) in [7, 11) is 0. The average molecular weight is 518 g/mol. The molecule has 3 aromatic carbocycles. The van der Waals surface area contributed by atoms with Crippen molar-refractivity contribution in [3.8, 4) is 22.5 Å². The molecule has 0 saturated carbocycles. The first-order chi connectivity index (χ1) is 19.2. The first-order valence-electron chi connectivity index (χ1n) is 14.3. The Morgan fingerprint density at radius 2 is 0.600 bits per heavy atom. The monoisotopic (exact) mass is 517 g/mol. The number of allylic oxidation sites excluding steroid dienone is 8. The van der Waals surface area contributed by atoms with Gasteiger partial charge in [0.05, 0.1) is 11.4 Å². The molecule has 14 rings (SSSR count). The lowest BCUT2D eigenvalue weighted by Crippen LogP contribution is -2.27. The lowest BCUT2D eigenvalue weighted by Gasteiger charge is -2.35. The van der Waals surface area contributed by atoms with E-state index in [0.717, 1.165) is 22.5 Å². The van der Waals surface area contributed by atoms with Gasteiger partial charge in [-0.1, -0.05) is 127 Å². The number of hydrogen-bond donors (Lipinski definition) is 0. The summed E-state index contributed by atoms with van der Waals surface area (Å²) in [5, 5.41) is 0. The Morgan fingerprint density at radius 3 is 0.875 bits per heavy atom. The predicted molar refractivity (Wildman–Crippen MR) is 168 cm³/mol. The van der Waals surface area contributed by atoms with Crippen molar-refractivity contribution in [1.29, 1.82) is 0 Å². The summed E-state index contributed by atoms with van der Waals surface area (Å²) < 4.78 is 0. The van der Waals surface area contributed by atoms with E-state index < -0.39 is 0 Å². The Hall–Kier alpha value is -4.23. The highest BCUT2D eigenvalue weighted by Gasteiger charge is 2.33. The van der Waals surface area contributed by atoms with Crippen LogP contribution in [0.4, 0.5) is 0 Å². The minimum absolute atomic E-state index is 0.138. The summed E-state index contributed by atoms with van der Waals surface area (Å²) in [5.41, 5.74) is 8.84. The van der Waals surface area contributed by atoms with Crippen LogP contribution in [0.15, 0.2) is 140 Å². The molecule has 1 nitrogen and oxygen atoms in total. The van der Waals surface area contributed by atoms with E-state index >= 15 is 0 Å². The van der Waals surface area contributed by atoms with E-state index in [0.29, 0.717) is 0 Å². The number of fused-ring (bicyclic) bond motifs is 1. The van der Waals surface area contributed by atoms with Crippen molar-refractivity contribution < 1.29 is 0 Å². The second-order valence-corrected chi connectivity index (χ2v) is 12.6. The third-order valence-corrected chi connectivity index (χ3v) is 9.59. The van der Waals surface area contributed by atoms with Crippen molar-refractivity contribution in [3.63, 3.8) is 0 Å². The molecule has 1 aromatic heterocycles. The van der Waals surface area contributed by atoms with Crippen molar-refractivity contribution in [1.82, 2.24) is 4.98 Å². The highest BCUT2D eigenvalue weighted by Crippen LogP contribution is 2.42. The molecule has 9 heterocycles. The van der Waals surface area contributed by atoms with E-state index in [9.17, 15) is 0 Å². The predicted octanol–water partition coefficient (Wildman–Crippen LogP) is 9.41. The lowest BCUT2D eigenvalue weighted by molar-refractivity contribution is 0.656. The molecule has 0 atom stereocenters. The van der Waals surface area contributed by atoms with Gasteiger partial charge in [0.25, 0.3) is 0 Å². The van der Waals surface area contributed by atoms with Crippen molar-refractivity contribution in [2.75, 3.05) is 0 Å². The number of hydrogen-bond acceptors (Lipinski definition) is 1. The maximum absolute atomic E-state index is 5.05. The van der Waals surface area contributed by atoms with Crippen LogP contribution in [0.1, 0.15) is 49.9 Å². The number of pyridine rings is 1. The maximum Gasteiger partial charge on any atom is 0.0709 e. The zero-order valence-electron chi connectivity index (χ0n) is 23.7. The van der Waals surface area contributed by atoms with Gasteiger partial charge in [0.1, 0.15) is 0 Å². The topological polar surface area (TPSA) is 12.9 Å². The van der Waals surface area contributed by atoms with Gasteiger partial charge in [-0.2, -0.15) is 0 Å². The van der Waals surface area contributed by atoms with Crippen LogP contribution >= 0.6 is 0 Å². The van der Waals surface area contributed by atoms with Gasteiger partial charge in [-0.15, -0.1) is 0 Å². The molecule has 2 aliphatic carbocycles. The van der Waals surface area contributed by atoms with E-state index in [1.54, 1.807) is 0 Å². The molecular formula is C39H35N. The van der Waals surface area contributed by atoms with E-state index in [1.165, 1.54) is 22.3 Å². The van der Waals surface area contributed by atoms with Crippen LogP contribution in [0, 0.1) is 0 Å². The van der Waals surface area contributed by atoms with Gasteiger partial charge in [-0.05, 0) is 62.1 Å². The molecule has 0 unspecified atom stereocenters. The summed E-state index contributed by atoms with van der Waals surface area (Å²) >= 11 is 0. The molecule has 8 aliphatic heterocycles. The fraction of sp³-hybridized carbons (Fsp3) is 0.205. The van der Waals surface area contributed by atoms with Crippen LogP contribution in [0.2, 0.25) is 0 Å². The van der Waals surface area contributed by atoms with Crippen molar-refractivity contribution in [3.05, 3.63) is 162 Å². The fourth-order valence-electron chi connectivity index (χ4n) is 6.32. The van der Waals surface area contributed by atoms with Crippen molar-refractivity contribution >= 4 is 0 Å². The second kappa shape index (κ2) is 8.63. The Balaban J connectivity index is 1.37. The van der Waals surface area contributed by atoms with E-state index in [-0.39, 0.29) is 21.7 Å². The fourth-order valence-corrected chi connectivity index (χ4v) is 6.32. The van der Waals surface area contributed by atoms with Crippen LogP contribution in [0.25, 0.3) is 22.5 Å². The quantitative estimate of drug-likeness (QED) is 0.212. The normalized spacial score (nSPS) is 29.5. The van der Waals surface area contributed by atoms with Crippen LogP contribution in [0.3, 0.4) is 0 Å². The van der Waals surface area contributed by atoms with Crippen molar-refractivity contribution in [2.24, 2.45) is 0 Å². The second-order valence-electron chi connectivity index (χ2n) is 12.6. The zero-order valence-corrected chi connectivity index (χ0v) is 23.7. The molecule has 10 aliphatic rings. The summed E-state index contributed by atoms with van der Waals surface area (Å²) in [5.74, 6) is 0. The molecule has 1 heteroatoms. The third kappa shape index (κ3) is 3.95. The highest BCUT2D eigenvalue weighted by atomic mass is 14.7. The zero-order chi connectivity index (χ0) is 27.6. The Kier molecular flexibility index (Phi) is 5.35. The van der Waals surface area contributed by atoms with Gasteiger partial charge < -0.3 is 0 Å². The van der Waals surface area contributed by atoms with Gasteiger partial charge in [0.15, 0.2) is 0 Å². The minimum Gasteiger partial charge on any atom is -0.248 e. The van der Waals surface area contributed by atoms with E-state index in [4.69, 9.17) is 4.98 Å². The van der Waals surface area contributed by atoms with Crippen LogP contribution in [0.5, 0.6) is 0 Å². The smallest absolute Gasteiger partial charge is 0.0709 e. The largest absolute Gasteiger partial charge is 0.248 e. The first-order valence-corrected chi connectivity index (χ1v) is 14.3. The molecule has 0 fully saturated rings. The summed E-state index contributed by atoms with van der Waals surface area (Å²) in [6.07, 6.45) is 18.9. The van der Waals surface area contributed by atoms with Gasteiger partial charge in [0.2, 0.25) is 0 Å². The standard InChI is InChI=1S/C39H35N/c1-36-20-24-38(3,25-21-36)32-16-18-33(19-17-32)39(4)26-22-37(2,23-27-39)31-14-10-29(11-15-31)35-7-5-6-34(40-35)28-8-12-30(36)13-9-28/h5-27H,1-4H3. The Labute approximate surface area is 238 Å². The molecule has 0 N–H and O–H groups in total. The molecule has 0 saturated heterocycles. The van der Waals surface area contributed by atoms with Crippen LogP contribution in [-0.2, 0) is 21.7 Å². The minimum atomic E-state index is -0.151. The average Bonchev–Trinajstić information content (AvgIpc) is 3.00. The van der Waals surface area contributed by atoms with Gasteiger partial charge in [-0.3, -0.25) is 0 Å². The van der Waals surface area contributed by atoms with Gasteiger partial charge >= 0.3 is 0 Å². The Bertz CT molecular complexity index is 1560. The van der Waals surface area contributed by atoms with Crippen LogP contribution in [-0.4, -0.2) is 4.98 Å². The number of nitrogens with zero attached hydrogens (tertiary/aromatic N) is 1. The van der Waals surface area contributed by atoms with Crippen LogP contribution < -0.4 is 0 Å². The molecular weight excluding hydrogens is 482 g/mol. The lowest BCUT2D eigenvalue weighted by atomic mass is 9.69. The highest BCUT2D eigenvalue weighted by molar-refractivity contribution is 5.67. The molecule has 0 spiro atoms. The third-order valence-electron chi connectivity index (χ3n) is 9.59. The van der Waals surface area contributed by atoms with Gasteiger partial charge in [-0.25, -0.2) is 4.98 Å².